The van der Waals surface area contributed by atoms with Gasteiger partial charge in [-0.15, -0.1) is 0 Å². The maximum absolute atomic E-state index is 10.2. The molecule has 0 aromatic rings. The number of hydrogen-bond donors (Lipinski definition) is 2. The van der Waals surface area contributed by atoms with Crippen LogP contribution in [0, 0.1) is 0 Å². The molecule has 0 aromatic heterocycles. The average Bonchev–Trinajstić information content (AvgIpc) is 2.60. The third-order valence-corrected chi connectivity index (χ3v) is 5.16. The smallest absolute Gasteiger partial charge is 0.190 e. The SMILES string of the molecule is CC1(C)O[C@H]2O[C@H](CC(O)C[Si](C)(C)C)[C@H](O)[C@H]2O1. The van der Waals surface area contributed by atoms with Crippen LogP contribution < -0.4 is 0 Å². The van der Waals surface area contributed by atoms with E-state index in [4.69, 9.17) is 14.2 Å². The van der Waals surface area contributed by atoms with E-state index in [1.165, 1.54) is 0 Å². The van der Waals surface area contributed by atoms with Gasteiger partial charge in [-0.2, -0.15) is 0 Å². The lowest BCUT2D eigenvalue weighted by Gasteiger charge is -2.26. The van der Waals surface area contributed by atoms with E-state index >= 15 is 0 Å². The van der Waals surface area contributed by atoms with Gasteiger partial charge in [0.05, 0.1) is 12.2 Å². The van der Waals surface area contributed by atoms with Crippen LogP contribution in [0.3, 0.4) is 0 Å². The predicted molar refractivity (Wildman–Crippen MR) is 73.5 cm³/mol. The Morgan fingerprint density at radius 1 is 1.21 bits per heavy atom. The van der Waals surface area contributed by atoms with E-state index in [9.17, 15) is 10.2 Å². The van der Waals surface area contributed by atoms with E-state index in [0.717, 1.165) is 6.04 Å². The molecule has 112 valence electrons. The van der Waals surface area contributed by atoms with Gasteiger partial charge >= 0.3 is 0 Å². The summed E-state index contributed by atoms with van der Waals surface area (Å²) >= 11 is 0. The summed E-state index contributed by atoms with van der Waals surface area (Å²) in [7, 11) is -1.32. The summed E-state index contributed by atoms with van der Waals surface area (Å²) in [5, 5.41) is 20.3. The summed E-state index contributed by atoms with van der Waals surface area (Å²) < 4.78 is 16.9. The molecule has 2 N–H and O–H groups in total. The predicted octanol–water partition coefficient (Wildman–Crippen LogP) is 1.31. The van der Waals surface area contributed by atoms with Crippen molar-refractivity contribution in [3.8, 4) is 0 Å². The zero-order valence-electron chi connectivity index (χ0n) is 12.4. The van der Waals surface area contributed by atoms with Crippen molar-refractivity contribution in [2.45, 2.75) is 82.4 Å². The minimum Gasteiger partial charge on any atom is -0.393 e. The lowest BCUT2D eigenvalue weighted by atomic mass is 10.1. The van der Waals surface area contributed by atoms with Gasteiger partial charge < -0.3 is 24.4 Å². The van der Waals surface area contributed by atoms with E-state index in [1.54, 1.807) is 13.8 Å². The van der Waals surface area contributed by atoms with Crippen molar-refractivity contribution in [3.63, 3.8) is 0 Å². The Morgan fingerprint density at radius 3 is 2.37 bits per heavy atom. The third-order valence-electron chi connectivity index (χ3n) is 3.47. The molecule has 19 heavy (non-hydrogen) atoms. The molecule has 0 radical (unpaired) electrons. The molecule has 2 saturated heterocycles. The fraction of sp³-hybridized carbons (Fsp3) is 1.00. The quantitative estimate of drug-likeness (QED) is 0.764. The fourth-order valence-corrected chi connectivity index (χ4v) is 4.39. The first-order valence-corrected chi connectivity index (χ1v) is 10.7. The first-order chi connectivity index (χ1) is 8.57. The van der Waals surface area contributed by atoms with E-state index in [-0.39, 0.29) is 0 Å². The van der Waals surface area contributed by atoms with Gasteiger partial charge in [0.2, 0.25) is 0 Å². The maximum atomic E-state index is 10.2. The maximum Gasteiger partial charge on any atom is 0.190 e. The van der Waals surface area contributed by atoms with Crippen LogP contribution in [0.1, 0.15) is 20.3 Å². The molecular weight excluding hydrogens is 264 g/mol. The average molecular weight is 290 g/mol. The van der Waals surface area contributed by atoms with Gasteiger partial charge in [0.1, 0.15) is 12.2 Å². The Bertz CT molecular complexity index is 327. The molecule has 0 amide bonds. The molecule has 5 atom stereocenters. The van der Waals surface area contributed by atoms with Crippen LogP contribution in [0.15, 0.2) is 0 Å². The minimum absolute atomic E-state index is 0.405. The van der Waals surface area contributed by atoms with E-state index < -0.39 is 44.6 Å². The van der Waals surface area contributed by atoms with Crippen molar-refractivity contribution in [1.29, 1.82) is 0 Å². The van der Waals surface area contributed by atoms with Crippen LogP contribution in [0.2, 0.25) is 25.7 Å². The van der Waals surface area contributed by atoms with E-state index in [2.05, 4.69) is 19.6 Å². The standard InChI is InChI=1S/C13H26O5Si/c1-13(2)17-11-10(15)9(16-12(11)18-13)6-8(14)7-19(3,4)5/h8-12,14-15H,6-7H2,1-5H3/t8?,9-,10+,11-,12-/m1/s1. The molecule has 0 saturated carbocycles. The largest absolute Gasteiger partial charge is 0.393 e. The van der Waals surface area contributed by atoms with Crippen molar-refractivity contribution >= 4 is 8.07 Å². The molecule has 5 nitrogen and oxygen atoms in total. The Morgan fingerprint density at radius 2 is 1.84 bits per heavy atom. The Hall–Kier alpha value is 0.0169. The molecule has 2 fully saturated rings. The lowest BCUT2D eigenvalue weighted by Crippen LogP contribution is -2.37. The zero-order valence-corrected chi connectivity index (χ0v) is 13.4. The molecule has 1 unspecified atom stereocenters. The molecule has 2 heterocycles. The van der Waals surface area contributed by atoms with Gasteiger partial charge in [-0.25, -0.2) is 0 Å². The molecule has 0 aliphatic carbocycles. The Labute approximate surface area is 115 Å². The summed E-state index contributed by atoms with van der Waals surface area (Å²) in [6, 6.07) is 0.808. The summed E-state index contributed by atoms with van der Waals surface area (Å²) in [6.07, 6.45) is -2.10. The van der Waals surface area contributed by atoms with Gasteiger partial charge in [-0.3, -0.25) is 0 Å². The van der Waals surface area contributed by atoms with Crippen LogP contribution >= 0.6 is 0 Å². The topological polar surface area (TPSA) is 68.2 Å². The van der Waals surface area contributed by atoms with Crippen LogP contribution in [0.25, 0.3) is 0 Å². The second-order valence-corrected chi connectivity index (χ2v) is 12.8. The normalized spacial score (nSPS) is 39.3. The molecule has 2 aliphatic rings. The minimum atomic E-state index is -1.32. The van der Waals surface area contributed by atoms with Crippen LogP contribution in [0.4, 0.5) is 0 Å². The van der Waals surface area contributed by atoms with Crippen LogP contribution in [-0.2, 0) is 14.2 Å². The van der Waals surface area contributed by atoms with Gasteiger partial charge in [-0.1, -0.05) is 19.6 Å². The van der Waals surface area contributed by atoms with Crippen LogP contribution in [0.5, 0.6) is 0 Å². The third kappa shape index (κ3) is 3.77. The number of fused-ring (bicyclic) bond motifs is 1. The highest BCUT2D eigenvalue weighted by molar-refractivity contribution is 6.76. The van der Waals surface area contributed by atoms with Crippen molar-refractivity contribution in [3.05, 3.63) is 0 Å². The summed E-state index contributed by atoms with van der Waals surface area (Å²) in [5.41, 5.74) is 0. The van der Waals surface area contributed by atoms with Crippen molar-refractivity contribution in [2.24, 2.45) is 0 Å². The van der Waals surface area contributed by atoms with E-state index in [0.29, 0.717) is 6.42 Å². The van der Waals surface area contributed by atoms with Crippen molar-refractivity contribution in [1.82, 2.24) is 0 Å². The molecule has 0 bridgehead atoms. The zero-order chi connectivity index (χ0) is 14.4. The van der Waals surface area contributed by atoms with Crippen LogP contribution in [-0.4, -0.2) is 54.8 Å². The van der Waals surface area contributed by atoms with Crippen molar-refractivity contribution < 1.29 is 24.4 Å². The number of ether oxygens (including phenoxy) is 3. The van der Waals surface area contributed by atoms with E-state index in [1.807, 2.05) is 0 Å². The molecule has 0 aromatic carbocycles. The van der Waals surface area contributed by atoms with Gasteiger partial charge in [0.15, 0.2) is 12.1 Å². The molecular formula is C13H26O5Si. The summed E-state index contributed by atoms with van der Waals surface area (Å²) in [4.78, 5) is 0. The summed E-state index contributed by atoms with van der Waals surface area (Å²) in [6.45, 7) is 10.2. The Balaban J connectivity index is 1.88. The highest BCUT2D eigenvalue weighted by Gasteiger charge is 2.54. The van der Waals surface area contributed by atoms with Gasteiger partial charge in [-0.05, 0) is 19.9 Å². The second-order valence-electron chi connectivity index (χ2n) is 7.29. The summed E-state index contributed by atoms with van der Waals surface area (Å²) in [5.74, 6) is -0.710. The first kappa shape index (κ1) is 15.4. The molecule has 6 heteroatoms. The highest BCUT2D eigenvalue weighted by Crippen LogP contribution is 2.38. The second kappa shape index (κ2) is 5.09. The fourth-order valence-electron chi connectivity index (χ4n) is 2.81. The number of aliphatic hydroxyl groups is 2. The van der Waals surface area contributed by atoms with Gasteiger partial charge in [0, 0.05) is 14.5 Å². The number of rotatable bonds is 4. The lowest BCUT2D eigenvalue weighted by molar-refractivity contribution is -0.217. The highest BCUT2D eigenvalue weighted by atomic mass is 28.3. The Kier molecular flexibility index (Phi) is 4.13. The molecule has 0 spiro atoms. The number of hydrogen-bond acceptors (Lipinski definition) is 5. The molecule has 2 aliphatic heterocycles. The first-order valence-electron chi connectivity index (χ1n) is 6.95. The van der Waals surface area contributed by atoms with Crippen molar-refractivity contribution in [2.75, 3.05) is 0 Å². The van der Waals surface area contributed by atoms with Gasteiger partial charge in [0.25, 0.3) is 0 Å². The monoisotopic (exact) mass is 290 g/mol. The number of aliphatic hydroxyl groups excluding tert-OH is 2. The molecule has 2 rings (SSSR count).